The van der Waals surface area contributed by atoms with Gasteiger partial charge < -0.3 is 21.8 Å². The molecule has 116 valence electrons. The molecule has 0 radical (unpaired) electrons. The summed E-state index contributed by atoms with van der Waals surface area (Å²) < 4.78 is 0. The topological polar surface area (TPSA) is 144 Å². The highest BCUT2D eigenvalue weighted by molar-refractivity contribution is 5.92. The molecule has 6 N–H and O–H groups in total. The molecule has 0 saturated heterocycles. The van der Waals surface area contributed by atoms with E-state index in [1.54, 1.807) is 6.20 Å². The van der Waals surface area contributed by atoms with Crippen LogP contribution < -0.4 is 16.8 Å². The Kier molecular flexibility index (Phi) is 6.54. The number of H-pyrrole nitrogens is 1. The lowest BCUT2D eigenvalue weighted by molar-refractivity contribution is -0.130. The number of nitrogens with zero attached hydrogens (tertiary/aromatic N) is 1. The second kappa shape index (κ2) is 8.15. The highest BCUT2D eigenvalue weighted by Crippen LogP contribution is 2.04. The van der Waals surface area contributed by atoms with E-state index >= 15 is 0 Å². The van der Waals surface area contributed by atoms with Crippen LogP contribution in [0.1, 0.15) is 31.9 Å². The minimum absolute atomic E-state index is 0.0971. The fraction of sp³-hybridized carbons (Fsp3) is 0.538. The molecular formula is C13H21N5O3. The van der Waals surface area contributed by atoms with Crippen LogP contribution in [0, 0.1) is 0 Å². The number of carbonyl (C=O) groups is 3. The summed E-state index contributed by atoms with van der Waals surface area (Å²) in [6.07, 6.45) is 4.19. The number of amides is 2. The van der Waals surface area contributed by atoms with Crippen molar-refractivity contribution in [3.63, 3.8) is 0 Å². The summed E-state index contributed by atoms with van der Waals surface area (Å²) in [5.41, 5.74) is 11.2. The van der Waals surface area contributed by atoms with Gasteiger partial charge in [0, 0.05) is 19.0 Å². The third kappa shape index (κ3) is 5.74. The van der Waals surface area contributed by atoms with E-state index in [1.165, 1.54) is 6.33 Å². The van der Waals surface area contributed by atoms with Crippen molar-refractivity contribution in [3.05, 3.63) is 18.2 Å². The SMILES string of the molecule is CCCC(=O)[C@H](Cc1c[nH]cn1)NC(=O)[C@@H](N)CC(N)=O. The summed E-state index contributed by atoms with van der Waals surface area (Å²) in [5, 5.41) is 2.57. The summed E-state index contributed by atoms with van der Waals surface area (Å²) in [5.74, 6) is -1.33. The Morgan fingerprint density at radius 1 is 1.43 bits per heavy atom. The lowest BCUT2D eigenvalue weighted by Crippen LogP contribution is -2.50. The second-order valence-electron chi connectivity index (χ2n) is 4.82. The third-order valence-corrected chi connectivity index (χ3v) is 2.93. The summed E-state index contributed by atoms with van der Waals surface area (Å²) in [4.78, 5) is 41.6. The first-order valence-electron chi connectivity index (χ1n) is 6.78. The highest BCUT2D eigenvalue weighted by atomic mass is 16.2. The molecule has 8 heteroatoms. The van der Waals surface area contributed by atoms with Crippen LogP contribution >= 0.6 is 0 Å². The molecule has 0 fully saturated rings. The van der Waals surface area contributed by atoms with Crippen molar-refractivity contribution in [3.8, 4) is 0 Å². The number of hydrogen-bond acceptors (Lipinski definition) is 5. The van der Waals surface area contributed by atoms with Gasteiger partial charge in [-0.1, -0.05) is 6.92 Å². The number of primary amides is 1. The molecule has 2 amide bonds. The molecule has 1 rings (SSSR count). The molecule has 2 atom stereocenters. The Morgan fingerprint density at radius 2 is 2.14 bits per heavy atom. The summed E-state index contributed by atoms with van der Waals surface area (Å²) >= 11 is 0. The van der Waals surface area contributed by atoms with Crippen LogP contribution in [0.2, 0.25) is 0 Å². The van der Waals surface area contributed by atoms with Crippen molar-refractivity contribution in [2.45, 2.75) is 44.7 Å². The van der Waals surface area contributed by atoms with Gasteiger partial charge in [0.25, 0.3) is 0 Å². The Morgan fingerprint density at radius 3 is 2.67 bits per heavy atom. The molecule has 0 spiro atoms. The molecule has 0 aliphatic carbocycles. The number of nitrogens with one attached hydrogen (secondary N) is 2. The van der Waals surface area contributed by atoms with Crippen molar-refractivity contribution in [2.75, 3.05) is 0 Å². The van der Waals surface area contributed by atoms with Crippen LogP contribution in [0.15, 0.2) is 12.5 Å². The van der Waals surface area contributed by atoms with E-state index in [4.69, 9.17) is 11.5 Å². The van der Waals surface area contributed by atoms with Crippen LogP contribution in [0.4, 0.5) is 0 Å². The standard InChI is InChI=1S/C13H21N5O3/c1-2-3-11(19)10(4-8-6-16-7-17-8)18-13(21)9(14)5-12(15)20/h6-7,9-10H,2-5,14H2,1H3,(H2,15,20)(H,16,17)(H,18,21)/t9-,10-/m0/s1. The van der Waals surface area contributed by atoms with Crippen molar-refractivity contribution in [2.24, 2.45) is 11.5 Å². The van der Waals surface area contributed by atoms with Crippen LogP contribution in [0.3, 0.4) is 0 Å². The van der Waals surface area contributed by atoms with Gasteiger partial charge in [-0.25, -0.2) is 4.98 Å². The maximum absolute atomic E-state index is 12.1. The van der Waals surface area contributed by atoms with Crippen molar-refractivity contribution < 1.29 is 14.4 Å². The maximum atomic E-state index is 12.1. The maximum Gasteiger partial charge on any atom is 0.238 e. The van der Waals surface area contributed by atoms with E-state index in [-0.39, 0.29) is 18.6 Å². The molecule has 1 aromatic rings. The quantitative estimate of drug-likeness (QED) is 0.462. The molecule has 0 bridgehead atoms. The number of carbonyl (C=O) groups excluding carboxylic acids is 3. The normalized spacial score (nSPS) is 13.4. The molecular weight excluding hydrogens is 274 g/mol. The fourth-order valence-corrected chi connectivity index (χ4v) is 1.87. The minimum Gasteiger partial charge on any atom is -0.370 e. The first-order valence-corrected chi connectivity index (χ1v) is 6.78. The fourth-order valence-electron chi connectivity index (χ4n) is 1.87. The monoisotopic (exact) mass is 295 g/mol. The lowest BCUT2D eigenvalue weighted by atomic mass is 10.0. The number of rotatable bonds is 9. The smallest absolute Gasteiger partial charge is 0.238 e. The van der Waals surface area contributed by atoms with Crippen molar-refractivity contribution in [1.29, 1.82) is 0 Å². The first kappa shape index (κ1) is 16.8. The molecule has 8 nitrogen and oxygen atoms in total. The van der Waals surface area contributed by atoms with Gasteiger partial charge in [-0.3, -0.25) is 14.4 Å². The van der Waals surface area contributed by atoms with Crippen LogP contribution in [0.25, 0.3) is 0 Å². The average Bonchev–Trinajstić information content (AvgIpc) is 2.90. The van der Waals surface area contributed by atoms with E-state index in [0.29, 0.717) is 18.5 Å². The average molecular weight is 295 g/mol. The highest BCUT2D eigenvalue weighted by Gasteiger charge is 2.24. The van der Waals surface area contributed by atoms with Crippen molar-refractivity contribution >= 4 is 17.6 Å². The van der Waals surface area contributed by atoms with Gasteiger partial charge in [-0.05, 0) is 6.42 Å². The van der Waals surface area contributed by atoms with Crippen molar-refractivity contribution in [1.82, 2.24) is 15.3 Å². The van der Waals surface area contributed by atoms with Gasteiger partial charge in [0.2, 0.25) is 11.8 Å². The molecule has 0 aliphatic heterocycles. The third-order valence-electron chi connectivity index (χ3n) is 2.93. The zero-order valence-electron chi connectivity index (χ0n) is 12.0. The van der Waals surface area contributed by atoms with Gasteiger partial charge in [0.05, 0.1) is 30.5 Å². The van der Waals surface area contributed by atoms with Crippen LogP contribution in [-0.2, 0) is 20.8 Å². The zero-order valence-corrected chi connectivity index (χ0v) is 12.0. The Balaban J connectivity index is 2.70. The Bertz CT molecular complexity index is 486. The van der Waals surface area contributed by atoms with E-state index in [2.05, 4.69) is 15.3 Å². The molecule has 0 saturated carbocycles. The molecule has 0 aromatic carbocycles. The number of aromatic nitrogens is 2. The molecule has 21 heavy (non-hydrogen) atoms. The van der Waals surface area contributed by atoms with Gasteiger partial charge in [-0.2, -0.15) is 0 Å². The Hall–Kier alpha value is -2.22. The number of hydrogen-bond donors (Lipinski definition) is 4. The predicted octanol–water partition coefficient (Wildman–Crippen LogP) is -0.991. The molecule has 0 unspecified atom stereocenters. The number of Topliss-reactive ketones (excluding diaryl/α,β-unsaturated/α-hetero) is 1. The van der Waals surface area contributed by atoms with Crippen LogP contribution in [0.5, 0.6) is 0 Å². The number of nitrogens with two attached hydrogens (primary N) is 2. The van der Waals surface area contributed by atoms with Gasteiger partial charge in [0.15, 0.2) is 5.78 Å². The lowest BCUT2D eigenvalue weighted by Gasteiger charge is -2.19. The molecule has 0 aliphatic rings. The van der Waals surface area contributed by atoms with E-state index < -0.39 is 23.9 Å². The molecule has 1 aromatic heterocycles. The van der Waals surface area contributed by atoms with Crippen LogP contribution in [-0.4, -0.2) is 39.6 Å². The summed E-state index contributed by atoms with van der Waals surface area (Å²) in [6.45, 7) is 1.88. The molecule has 1 heterocycles. The predicted molar refractivity (Wildman–Crippen MR) is 75.9 cm³/mol. The summed E-state index contributed by atoms with van der Waals surface area (Å²) in [7, 11) is 0. The summed E-state index contributed by atoms with van der Waals surface area (Å²) in [6, 6.07) is -1.77. The van der Waals surface area contributed by atoms with E-state index in [1.807, 2.05) is 6.92 Å². The zero-order chi connectivity index (χ0) is 15.8. The van der Waals surface area contributed by atoms with E-state index in [0.717, 1.165) is 0 Å². The second-order valence-corrected chi connectivity index (χ2v) is 4.82. The Labute approximate surface area is 122 Å². The van der Waals surface area contributed by atoms with Gasteiger partial charge in [-0.15, -0.1) is 0 Å². The first-order chi connectivity index (χ1) is 9.93. The minimum atomic E-state index is -1.06. The van der Waals surface area contributed by atoms with Gasteiger partial charge in [0.1, 0.15) is 0 Å². The number of imidazole rings is 1. The largest absolute Gasteiger partial charge is 0.370 e. The van der Waals surface area contributed by atoms with E-state index in [9.17, 15) is 14.4 Å². The number of aromatic amines is 1. The van der Waals surface area contributed by atoms with Gasteiger partial charge >= 0.3 is 0 Å². The number of ketones is 1.